The lowest BCUT2D eigenvalue weighted by Gasteiger charge is -2.11. The molecule has 3 N–H and O–H groups in total. The van der Waals surface area contributed by atoms with Gasteiger partial charge in [-0.25, -0.2) is 4.39 Å². The van der Waals surface area contributed by atoms with Crippen LogP contribution < -0.4 is 11.1 Å². The highest BCUT2D eigenvalue weighted by atomic mass is 19.1. The van der Waals surface area contributed by atoms with Crippen LogP contribution in [-0.4, -0.2) is 19.1 Å². The molecule has 16 heavy (non-hydrogen) atoms. The standard InChI is InChI=1S/C11H15FN2O2/c1-7(16-2)11(15)14-10-4-3-8(6-13)5-9(10)12/h3-5,7H,6,13H2,1-2H3,(H,14,15). The van der Waals surface area contributed by atoms with E-state index in [-0.39, 0.29) is 18.1 Å². The smallest absolute Gasteiger partial charge is 0.253 e. The first-order valence-corrected chi connectivity index (χ1v) is 4.90. The molecule has 0 aliphatic carbocycles. The first-order valence-electron chi connectivity index (χ1n) is 4.90. The van der Waals surface area contributed by atoms with Crippen LogP contribution in [0.3, 0.4) is 0 Å². The van der Waals surface area contributed by atoms with Crippen LogP contribution in [0, 0.1) is 5.82 Å². The van der Waals surface area contributed by atoms with Gasteiger partial charge in [-0.1, -0.05) is 6.07 Å². The summed E-state index contributed by atoms with van der Waals surface area (Å²) in [4.78, 5) is 11.4. The highest BCUT2D eigenvalue weighted by molar-refractivity contribution is 5.94. The Hall–Kier alpha value is -1.46. The number of nitrogens with one attached hydrogen (secondary N) is 1. The number of amides is 1. The normalized spacial score (nSPS) is 12.2. The van der Waals surface area contributed by atoms with E-state index in [1.165, 1.54) is 19.2 Å². The largest absolute Gasteiger partial charge is 0.372 e. The van der Waals surface area contributed by atoms with Gasteiger partial charge in [0, 0.05) is 13.7 Å². The monoisotopic (exact) mass is 226 g/mol. The fraction of sp³-hybridized carbons (Fsp3) is 0.364. The molecule has 1 unspecified atom stereocenters. The molecule has 1 amide bonds. The second-order valence-corrected chi connectivity index (χ2v) is 3.39. The zero-order valence-electron chi connectivity index (χ0n) is 9.29. The molecule has 4 nitrogen and oxygen atoms in total. The number of hydrogen-bond acceptors (Lipinski definition) is 3. The maximum absolute atomic E-state index is 13.5. The fourth-order valence-electron chi connectivity index (χ4n) is 1.13. The van der Waals surface area contributed by atoms with Crippen molar-refractivity contribution in [3.05, 3.63) is 29.6 Å². The van der Waals surface area contributed by atoms with E-state index in [1.807, 2.05) is 0 Å². The molecule has 0 aliphatic rings. The van der Waals surface area contributed by atoms with Crippen molar-refractivity contribution in [1.82, 2.24) is 0 Å². The molecule has 0 spiro atoms. The van der Waals surface area contributed by atoms with Crippen LogP contribution in [0.1, 0.15) is 12.5 Å². The molecule has 0 bridgehead atoms. The van der Waals surface area contributed by atoms with Crippen molar-refractivity contribution in [1.29, 1.82) is 0 Å². The molecule has 1 aromatic carbocycles. The second kappa shape index (κ2) is 5.58. The molecule has 5 heteroatoms. The van der Waals surface area contributed by atoms with Crippen LogP contribution in [0.5, 0.6) is 0 Å². The highest BCUT2D eigenvalue weighted by Crippen LogP contribution is 2.15. The molecule has 1 rings (SSSR count). The SMILES string of the molecule is COC(C)C(=O)Nc1ccc(CN)cc1F. The third kappa shape index (κ3) is 3.01. The average Bonchev–Trinajstić information content (AvgIpc) is 2.30. The topological polar surface area (TPSA) is 64.3 Å². The summed E-state index contributed by atoms with van der Waals surface area (Å²) in [6.07, 6.45) is -0.617. The van der Waals surface area contributed by atoms with Gasteiger partial charge >= 0.3 is 0 Å². The van der Waals surface area contributed by atoms with E-state index in [2.05, 4.69) is 5.32 Å². The molecule has 0 radical (unpaired) electrons. The number of nitrogens with two attached hydrogens (primary N) is 1. The minimum Gasteiger partial charge on any atom is -0.372 e. The lowest BCUT2D eigenvalue weighted by atomic mass is 10.2. The second-order valence-electron chi connectivity index (χ2n) is 3.39. The van der Waals surface area contributed by atoms with E-state index in [4.69, 9.17) is 10.5 Å². The van der Waals surface area contributed by atoms with Gasteiger partial charge in [0.15, 0.2) is 0 Å². The summed E-state index contributed by atoms with van der Waals surface area (Å²) < 4.78 is 18.3. The molecular formula is C11H15FN2O2. The van der Waals surface area contributed by atoms with Crippen LogP contribution in [-0.2, 0) is 16.1 Å². The number of anilines is 1. The van der Waals surface area contributed by atoms with E-state index in [1.54, 1.807) is 13.0 Å². The molecule has 0 saturated carbocycles. The van der Waals surface area contributed by atoms with Crippen molar-refractivity contribution < 1.29 is 13.9 Å². The molecule has 1 aromatic rings. The van der Waals surface area contributed by atoms with E-state index in [0.29, 0.717) is 5.56 Å². The van der Waals surface area contributed by atoms with E-state index >= 15 is 0 Å². The van der Waals surface area contributed by atoms with Crippen LogP contribution >= 0.6 is 0 Å². The fourth-order valence-corrected chi connectivity index (χ4v) is 1.13. The Morgan fingerprint density at radius 3 is 2.81 bits per heavy atom. The van der Waals surface area contributed by atoms with Crippen molar-refractivity contribution in [2.45, 2.75) is 19.6 Å². The van der Waals surface area contributed by atoms with Gasteiger partial charge in [0.25, 0.3) is 5.91 Å². The average molecular weight is 226 g/mol. The van der Waals surface area contributed by atoms with Gasteiger partial charge in [0.2, 0.25) is 0 Å². The first kappa shape index (κ1) is 12.6. The summed E-state index contributed by atoms with van der Waals surface area (Å²) in [6, 6.07) is 4.45. The number of carbonyl (C=O) groups excluding carboxylic acids is 1. The first-order chi connectivity index (χ1) is 7.58. The van der Waals surface area contributed by atoms with Gasteiger partial charge in [-0.3, -0.25) is 4.79 Å². The van der Waals surface area contributed by atoms with Crippen LogP contribution in [0.2, 0.25) is 0 Å². The van der Waals surface area contributed by atoms with Gasteiger partial charge in [-0.2, -0.15) is 0 Å². The van der Waals surface area contributed by atoms with Crippen molar-refractivity contribution in [2.75, 3.05) is 12.4 Å². The van der Waals surface area contributed by atoms with Gasteiger partial charge in [0.05, 0.1) is 5.69 Å². The summed E-state index contributed by atoms with van der Waals surface area (Å²) in [7, 11) is 1.41. The van der Waals surface area contributed by atoms with E-state index in [9.17, 15) is 9.18 Å². The Morgan fingerprint density at radius 2 is 2.31 bits per heavy atom. The third-order valence-electron chi connectivity index (χ3n) is 2.25. The Kier molecular flexibility index (Phi) is 4.39. The molecule has 1 atom stereocenters. The zero-order valence-corrected chi connectivity index (χ0v) is 9.29. The number of methoxy groups -OCH3 is 1. The predicted octanol–water partition coefficient (Wildman–Crippen LogP) is 1.26. The number of carbonyl (C=O) groups is 1. The van der Waals surface area contributed by atoms with Crippen molar-refractivity contribution in [3.8, 4) is 0 Å². The van der Waals surface area contributed by atoms with Crippen LogP contribution in [0.25, 0.3) is 0 Å². The zero-order chi connectivity index (χ0) is 12.1. The minimum atomic E-state index is -0.617. The number of rotatable bonds is 4. The van der Waals surface area contributed by atoms with Crippen molar-refractivity contribution in [2.24, 2.45) is 5.73 Å². The highest BCUT2D eigenvalue weighted by Gasteiger charge is 2.13. The number of halogens is 1. The Morgan fingerprint density at radius 1 is 1.62 bits per heavy atom. The Bertz CT molecular complexity index is 382. The van der Waals surface area contributed by atoms with E-state index in [0.717, 1.165) is 0 Å². The van der Waals surface area contributed by atoms with Gasteiger partial charge in [0.1, 0.15) is 11.9 Å². The summed E-state index contributed by atoms with van der Waals surface area (Å²) in [5, 5.41) is 2.43. The lowest BCUT2D eigenvalue weighted by Crippen LogP contribution is -2.26. The van der Waals surface area contributed by atoms with Crippen molar-refractivity contribution >= 4 is 11.6 Å². The Balaban J connectivity index is 2.78. The third-order valence-corrected chi connectivity index (χ3v) is 2.25. The lowest BCUT2D eigenvalue weighted by molar-refractivity contribution is -0.124. The van der Waals surface area contributed by atoms with Gasteiger partial charge in [-0.15, -0.1) is 0 Å². The molecule has 0 fully saturated rings. The van der Waals surface area contributed by atoms with Crippen LogP contribution in [0.4, 0.5) is 10.1 Å². The molecule has 0 aliphatic heterocycles. The minimum absolute atomic E-state index is 0.131. The van der Waals surface area contributed by atoms with Gasteiger partial charge < -0.3 is 15.8 Å². The van der Waals surface area contributed by atoms with Gasteiger partial charge in [-0.05, 0) is 24.6 Å². The molecular weight excluding hydrogens is 211 g/mol. The van der Waals surface area contributed by atoms with E-state index < -0.39 is 11.9 Å². The molecule has 0 heterocycles. The Labute approximate surface area is 93.6 Å². The molecule has 0 saturated heterocycles. The molecule has 88 valence electrons. The summed E-state index contributed by atoms with van der Waals surface area (Å²) in [5.41, 5.74) is 6.17. The predicted molar refractivity (Wildman–Crippen MR) is 59.4 cm³/mol. The summed E-state index contributed by atoms with van der Waals surface area (Å²) in [5.74, 6) is -0.887. The van der Waals surface area contributed by atoms with Crippen LogP contribution in [0.15, 0.2) is 18.2 Å². The maximum Gasteiger partial charge on any atom is 0.253 e. The quantitative estimate of drug-likeness (QED) is 0.812. The van der Waals surface area contributed by atoms with Crippen molar-refractivity contribution in [3.63, 3.8) is 0 Å². The summed E-state index contributed by atoms with van der Waals surface area (Å²) >= 11 is 0. The molecule has 0 aromatic heterocycles. The number of ether oxygens (including phenoxy) is 1. The maximum atomic E-state index is 13.5. The summed E-state index contributed by atoms with van der Waals surface area (Å²) in [6.45, 7) is 1.85. The number of hydrogen-bond donors (Lipinski definition) is 2. The number of benzene rings is 1.